The van der Waals surface area contributed by atoms with Crippen molar-refractivity contribution in [2.45, 2.75) is 6.55 Å². The zero-order valence-electron chi connectivity index (χ0n) is 13.1. The summed E-state index contributed by atoms with van der Waals surface area (Å²) < 4.78 is 19.0. The number of quaternary nitrogens is 3. The lowest BCUT2D eigenvalue weighted by Gasteiger charge is -2.37. The average molecular weight is 268 g/mol. The summed E-state index contributed by atoms with van der Waals surface area (Å²) in [5.41, 5.74) is 0. The predicted octanol–water partition coefficient (Wildman–Crippen LogP) is 0.469. The second kappa shape index (κ2) is 4.92. The third-order valence-corrected chi connectivity index (χ3v) is 3.96. The van der Waals surface area contributed by atoms with Gasteiger partial charge < -0.3 is 0 Å². The van der Waals surface area contributed by atoms with E-state index in [4.69, 9.17) is 13.6 Å². The molecule has 0 aromatic rings. The maximum atomic E-state index is 5.98. The fraction of sp³-hybridized carbons (Fsp3) is 1.00. The van der Waals surface area contributed by atoms with E-state index in [1.807, 2.05) is 70.0 Å². The van der Waals surface area contributed by atoms with Crippen LogP contribution >= 0.6 is 0 Å². The standard InChI is InChI=1S/C10H30N3O3Si/c1-11(2,3)14-17(10,15-12(4,5)6)16-13(7,8)9/h1-10H3/q+3. The van der Waals surface area contributed by atoms with Crippen molar-refractivity contribution >= 4 is 8.80 Å². The second-order valence-electron chi connectivity index (χ2n) is 6.80. The van der Waals surface area contributed by atoms with Crippen molar-refractivity contribution in [2.75, 3.05) is 63.4 Å². The molecule has 0 aromatic heterocycles. The molecule has 104 valence electrons. The highest BCUT2D eigenvalue weighted by Crippen LogP contribution is 2.19. The molecular weight excluding hydrogens is 238 g/mol. The molecule has 0 amide bonds. The molecule has 0 N–H and O–H groups in total. The topological polar surface area (TPSA) is 27.7 Å². The normalized spacial score (nSPS) is 15.2. The lowest BCUT2D eigenvalue weighted by atomic mass is 11.0. The molecule has 0 aliphatic carbocycles. The van der Waals surface area contributed by atoms with Crippen LogP contribution in [0.15, 0.2) is 0 Å². The Labute approximate surface area is 107 Å². The first kappa shape index (κ1) is 17.0. The molecule has 0 unspecified atom stereocenters. The van der Waals surface area contributed by atoms with Gasteiger partial charge in [0.25, 0.3) is 0 Å². The molecule has 0 saturated carbocycles. The van der Waals surface area contributed by atoms with Gasteiger partial charge in [-0.3, -0.25) is 0 Å². The van der Waals surface area contributed by atoms with E-state index in [9.17, 15) is 0 Å². The van der Waals surface area contributed by atoms with Gasteiger partial charge in [0.05, 0.1) is 63.4 Å². The van der Waals surface area contributed by atoms with E-state index in [-0.39, 0.29) is 0 Å². The number of nitrogens with zero attached hydrogens (tertiary/aromatic N) is 3. The Hall–Kier alpha value is -0.0231. The smallest absolute Gasteiger partial charge is 0.192 e. The van der Waals surface area contributed by atoms with E-state index >= 15 is 0 Å². The van der Waals surface area contributed by atoms with Gasteiger partial charge in [-0.25, -0.2) is 0 Å². The molecule has 0 rings (SSSR count). The maximum absolute atomic E-state index is 5.98. The van der Waals surface area contributed by atoms with Gasteiger partial charge in [0, 0.05) is 6.55 Å². The summed E-state index contributed by atoms with van der Waals surface area (Å²) >= 11 is 0. The van der Waals surface area contributed by atoms with Gasteiger partial charge in [-0.1, -0.05) is 0 Å². The molecule has 0 fully saturated rings. The Kier molecular flexibility index (Phi) is 4.92. The first-order chi connectivity index (χ1) is 7.12. The molecule has 0 bridgehead atoms. The largest absolute Gasteiger partial charge is 0.655 e. The number of hydroxylamine groups is 9. The quantitative estimate of drug-likeness (QED) is 0.398. The lowest BCUT2D eigenvalue weighted by molar-refractivity contribution is -1.10. The lowest BCUT2D eigenvalue weighted by Crippen LogP contribution is -2.62. The van der Waals surface area contributed by atoms with Crippen molar-refractivity contribution in [3.8, 4) is 0 Å². The van der Waals surface area contributed by atoms with Gasteiger partial charge in [0.1, 0.15) is 0 Å². The van der Waals surface area contributed by atoms with Gasteiger partial charge in [-0.05, 0) is 0 Å². The minimum atomic E-state index is -2.74. The minimum absolute atomic E-state index is 0.350. The monoisotopic (exact) mass is 268 g/mol. The molecular formula is C10H30N3O3Si+3. The van der Waals surface area contributed by atoms with Crippen LogP contribution < -0.4 is 0 Å². The molecule has 0 atom stereocenters. The van der Waals surface area contributed by atoms with Crippen molar-refractivity contribution < 1.29 is 27.5 Å². The summed E-state index contributed by atoms with van der Waals surface area (Å²) in [7, 11) is 14.8. The highest BCUT2D eigenvalue weighted by atomic mass is 28.4. The van der Waals surface area contributed by atoms with Crippen molar-refractivity contribution in [3.05, 3.63) is 0 Å². The zero-order chi connectivity index (χ0) is 14.1. The Morgan fingerprint density at radius 3 is 0.824 bits per heavy atom. The summed E-state index contributed by atoms with van der Waals surface area (Å²) in [6.45, 7) is 1.92. The van der Waals surface area contributed by atoms with Gasteiger partial charge in [0.2, 0.25) is 0 Å². The van der Waals surface area contributed by atoms with Crippen LogP contribution in [0.4, 0.5) is 0 Å². The third kappa shape index (κ3) is 9.66. The summed E-state index contributed by atoms with van der Waals surface area (Å²) in [6, 6.07) is 0. The Bertz CT molecular complexity index is 212. The summed E-state index contributed by atoms with van der Waals surface area (Å²) in [5.74, 6) is 0. The first-order valence-electron chi connectivity index (χ1n) is 5.69. The van der Waals surface area contributed by atoms with Gasteiger partial charge in [-0.2, -0.15) is 27.5 Å². The minimum Gasteiger partial charge on any atom is -0.192 e. The Balaban J connectivity index is 4.95. The molecule has 0 radical (unpaired) electrons. The van der Waals surface area contributed by atoms with Gasteiger partial charge in [0.15, 0.2) is 0 Å². The molecule has 6 nitrogen and oxygen atoms in total. The van der Waals surface area contributed by atoms with Crippen LogP contribution in [-0.2, 0) is 13.6 Å². The van der Waals surface area contributed by atoms with Crippen LogP contribution in [0.5, 0.6) is 0 Å². The molecule has 0 saturated heterocycles. The molecule has 17 heavy (non-hydrogen) atoms. The van der Waals surface area contributed by atoms with Crippen LogP contribution in [0, 0.1) is 0 Å². The Morgan fingerprint density at radius 1 is 0.529 bits per heavy atom. The maximum Gasteiger partial charge on any atom is 0.655 e. The predicted molar refractivity (Wildman–Crippen MR) is 69.0 cm³/mol. The number of hydrogen-bond acceptors (Lipinski definition) is 3. The van der Waals surface area contributed by atoms with E-state index in [0.29, 0.717) is 13.9 Å². The molecule has 0 aliphatic heterocycles. The average Bonchev–Trinajstić information content (AvgIpc) is 1.65. The van der Waals surface area contributed by atoms with E-state index in [1.165, 1.54) is 0 Å². The summed E-state index contributed by atoms with van der Waals surface area (Å²) in [5, 5.41) is 0. The first-order valence-corrected chi connectivity index (χ1v) is 7.91. The fourth-order valence-corrected chi connectivity index (χ4v) is 4.63. The SMILES string of the molecule is C[N+](C)(C)O[Si](C)(O[N+](C)(C)C)O[N+](C)(C)C. The van der Waals surface area contributed by atoms with E-state index < -0.39 is 8.80 Å². The van der Waals surface area contributed by atoms with Gasteiger partial charge >= 0.3 is 8.80 Å². The van der Waals surface area contributed by atoms with E-state index in [2.05, 4.69) is 0 Å². The molecule has 0 spiro atoms. The highest BCUT2D eigenvalue weighted by Gasteiger charge is 2.54. The third-order valence-electron chi connectivity index (χ3n) is 1.32. The van der Waals surface area contributed by atoms with Crippen molar-refractivity contribution in [2.24, 2.45) is 0 Å². The number of hydrogen-bond donors (Lipinski definition) is 0. The molecule has 0 aliphatic rings. The Morgan fingerprint density at radius 2 is 0.706 bits per heavy atom. The molecule has 7 heteroatoms. The van der Waals surface area contributed by atoms with Crippen LogP contribution in [0.3, 0.4) is 0 Å². The second-order valence-corrected chi connectivity index (χ2v) is 9.08. The molecule has 0 heterocycles. The van der Waals surface area contributed by atoms with Crippen LogP contribution in [0.1, 0.15) is 0 Å². The summed E-state index contributed by atoms with van der Waals surface area (Å²) in [4.78, 5) is 0. The van der Waals surface area contributed by atoms with E-state index in [1.54, 1.807) is 0 Å². The van der Waals surface area contributed by atoms with Crippen molar-refractivity contribution in [1.82, 2.24) is 0 Å². The van der Waals surface area contributed by atoms with Crippen LogP contribution in [-0.4, -0.2) is 86.2 Å². The van der Waals surface area contributed by atoms with Crippen LogP contribution in [0.2, 0.25) is 6.55 Å². The van der Waals surface area contributed by atoms with Crippen LogP contribution in [0.25, 0.3) is 0 Å². The fourth-order valence-electron chi connectivity index (χ4n) is 1.54. The van der Waals surface area contributed by atoms with E-state index in [0.717, 1.165) is 0 Å². The summed E-state index contributed by atoms with van der Waals surface area (Å²) in [6.07, 6.45) is 0. The zero-order valence-corrected chi connectivity index (χ0v) is 14.1. The molecule has 0 aromatic carbocycles. The van der Waals surface area contributed by atoms with Crippen molar-refractivity contribution in [3.63, 3.8) is 0 Å². The highest BCUT2D eigenvalue weighted by molar-refractivity contribution is 6.58. The number of rotatable bonds is 6. The van der Waals surface area contributed by atoms with Crippen molar-refractivity contribution in [1.29, 1.82) is 0 Å². The van der Waals surface area contributed by atoms with Gasteiger partial charge in [-0.15, -0.1) is 0 Å².